The van der Waals surface area contributed by atoms with Gasteiger partial charge in [-0.2, -0.15) is 0 Å². The Kier molecular flexibility index (Phi) is 9.01. The number of unbranched alkanes of at least 4 members (excludes halogenated alkanes) is 1. The van der Waals surface area contributed by atoms with Crippen molar-refractivity contribution < 1.29 is 0 Å². The SMILES string of the molecule is CCCC[P+](CCC)(CCC[PH2+]c1ccccc1)c1ccccc1. The van der Waals surface area contributed by atoms with E-state index in [9.17, 15) is 0 Å². The van der Waals surface area contributed by atoms with Crippen LogP contribution in [0.3, 0.4) is 0 Å². The van der Waals surface area contributed by atoms with Crippen molar-refractivity contribution in [1.29, 1.82) is 0 Å². The molecule has 0 heterocycles. The summed E-state index contributed by atoms with van der Waals surface area (Å²) in [6.45, 7) is 4.71. The highest BCUT2D eigenvalue weighted by Gasteiger charge is 2.37. The Balaban J connectivity index is 2.01. The van der Waals surface area contributed by atoms with Crippen LogP contribution in [0.4, 0.5) is 0 Å². The molecule has 0 spiro atoms. The summed E-state index contributed by atoms with van der Waals surface area (Å²) >= 11 is 0. The summed E-state index contributed by atoms with van der Waals surface area (Å²) in [5, 5.41) is 3.26. The van der Waals surface area contributed by atoms with Gasteiger partial charge in [-0.15, -0.1) is 0 Å². The van der Waals surface area contributed by atoms with Crippen LogP contribution >= 0.6 is 15.8 Å². The van der Waals surface area contributed by atoms with Gasteiger partial charge in [0.15, 0.2) is 0 Å². The summed E-state index contributed by atoms with van der Waals surface area (Å²) in [5.41, 5.74) is 0. The highest BCUT2D eigenvalue weighted by Crippen LogP contribution is 2.59. The van der Waals surface area contributed by atoms with Crippen LogP contribution in [0.15, 0.2) is 60.7 Å². The Morgan fingerprint density at radius 2 is 1.33 bits per heavy atom. The van der Waals surface area contributed by atoms with Crippen molar-refractivity contribution in [2.45, 2.75) is 39.5 Å². The van der Waals surface area contributed by atoms with E-state index < -0.39 is 7.26 Å². The molecule has 0 aliphatic carbocycles. The fourth-order valence-electron chi connectivity index (χ4n) is 3.61. The third kappa shape index (κ3) is 5.98. The molecule has 24 heavy (non-hydrogen) atoms. The van der Waals surface area contributed by atoms with E-state index >= 15 is 0 Å². The summed E-state index contributed by atoms with van der Waals surface area (Å²) in [6.07, 6.45) is 11.2. The fraction of sp³-hybridized carbons (Fsp3) is 0.455. The lowest BCUT2D eigenvalue weighted by molar-refractivity contribution is 0.880. The predicted molar refractivity (Wildman–Crippen MR) is 118 cm³/mol. The van der Waals surface area contributed by atoms with Gasteiger partial charge in [0.2, 0.25) is 0 Å². The molecular weight excluding hydrogens is 326 g/mol. The van der Waals surface area contributed by atoms with E-state index in [1.807, 2.05) is 0 Å². The first-order valence-electron chi connectivity index (χ1n) is 9.60. The summed E-state index contributed by atoms with van der Waals surface area (Å²) in [6, 6.07) is 22.6. The lowest BCUT2D eigenvalue weighted by Crippen LogP contribution is -2.21. The lowest BCUT2D eigenvalue weighted by atomic mass is 10.4. The predicted octanol–water partition coefficient (Wildman–Crippen LogP) is 5.67. The highest BCUT2D eigenvalue weighted by molar-refractivity contribution is 7.82. The van der Waals surface area contributed by atoms with E-state index in [0.717, 1.165) is 0 Å². The minimum atomic E-state index is -0.973. The number of benzene rings is 2. The van der Waals surface area contributed by atoms with Crippen LogP contribution in [-0.4, -0.2) is 24.6 Å². The maximum absolute atomic E-state index is 2.42. The van der Waals surface area contributed by atoms with Crippen LogP contribution in [-0.2, 0) is 0 Å². The fourth-order valence-corrected chi connectivity index (χ4v) is 10.0. The second kappa shape index (κ2) is 11.0. The largest absolute Gasteiger partial charge is 0.0939 e. The van der Waals surface area contributed by atoms with E-state index in [2.05, 4.69) is 74.5 Å². The van der Waals surface area contributed by atoms with Crippen molar-refractivity contribution in [3.63, 3.8) is 0 Å². The number of hydrogen-bond donors (Lipinski definition) is 0. The topological polar surface area (TPSA) is 0 Å². The first kappa shape index (κ1) is 19.6. The molecule has 2 unspecified atom stereocenters. The molecule has 0 bridgehead atoms. The average Bonchev–Trinajstić information content (AvgIpc) is 2.65. The standard InChI is InChI=1S/C22H33P2/c1-3-5-19-24(18-4-2,22-15-10-7-11-16-22)20-12-17-23-21-13-8-6-9-14-21/h6-11,13-16,23H,3-5,12,17-20H2,1-2H3/q+1/p+1. The van der Waals surface area contributed by atoms with Gasteiger partial charge in [0.25, 0.3) is 0 Å². The molecule has 2 atom stereocenters. The third-order valence-electron chi connectivity index (χ3n) is 4.87. The highest BCUT2D eigenvalue weighted by atomic mass is 31.2. The smallest absolute Gasteiger partial charge is 0.0652 e. The maximum atomic E-state index is 2.42. The minimum Gasteiger partial charge on any atom is -0.0652 e. The van der Waals surface area contributed by atoms with E-state index in [4.69, 9.17) is 0 Å². The van der Waals surface area contributed by atoms with Crippen LogP contribution in [0.25, 0.3) is 0 Å². The molecule has 0 aliphatic rings. The second-order valence-electron chi connectivity index (χ2n) is 6.76. The number of rotatable bonds is 11. The summed E-state index contributed by atoms with van der Waals surface area (Å²) in [5.74, 6) is 0. The van der Waals surface area contributed by atoms with Gasteiger partial charge in [0, 0.05) is 22.3 Å². The molecule has 0 saturated heterocycles. The monoisotopic (exact) mass is 360 g/mol. The lowest BCUT2D eigenvalue weighted by Gasteiger charge is -2.27. The Labute approximate surface area is 151 Å². The van der Waals surface area contributed by atoms with Crippen LogP contribution < -0.4 is 10.6 Å². The Morgan fingerprint density at radius 1 is 0.708 bits per heavy atom. The average molecular weight is 360 g/mol. The Bertz CT molecular complexity index is 553. The molecule has 2 heteroatoms. The number of hydrogen-bond acceptors (Lipinski definition) is 0. The first-order chi connectivity index (χ1) is 11.8. The van der Waals surface area contributed by atoms with Crippen molar-refractivity contribution in [2.75, 3.05) is 24.6 Å². The van der Waals surface area contributed by atoms with Gasteiger partial charge in [0.05, 0.1) is 35.3 Å². The van der Waals surface area contributed by atoms with Gasteiger partial charge in [-0.3, -0.25) is 0 Å². The summed E-state index contributed by atoms with van der Waals surface area (Å²) in [7, 11) is -0.526. The van der Waals surface area contributed by atoms with Crippen molar-refractivity contribution >= 4 is 26.5 Å². The van der Waals surface area contributed by atoms with Crippen LogP contribution in [0.5, 0.6) is 0 Å². The maximum Gasteiger partial charge on any atom is 0.0939 e. The molecule has 2 aromatic carbocycles. The van der Waals surface area contributed by atoms with Gasteiger partial charge in [0.1, 0.15) is 0 Å². The molecule has 0 saturated carbocycles. The van der Waals surface area contributed by atoms with E-state index in [0.29, 0.717) is 8.58 Å². The molecule has 0 aromatic heterocycles. The zero-order valence-electron chi connectivity index (χ0n) is 15.5. The van der Waals surface area contributed by atoms with E-state index in [1.165, 1.54) is 50.3 Å². The first-order valence-corrected chi connectivity index (χ1v) is 13.3. The Morgan fingerprint density at radius 3 is 1.96 bits per heavy atom. The molecule has 130 valence electrons. The summed E-state index contributed by atoms with van der Waals surface area (Å²) in [4.78, 5) is 0. The van der Waals surface area contributed by atoms with Crippen LogP contribution in [0.1, 0.15) is 39.5 Å². The summed E-state index contributed by atoms with van der Waals surface area (Å²) < 4.78 is 0. The van der Waals surface area contributed by atoms with E-state index in [-0.39, 0.29) is 0 Å². The molecule has 0 amide bonds. The molecule has 0 N–H and O–H groups in total. The van der Waals surface area contributed by atoms with Crippen molar-refractivity contribution in [3.05, 3.63) is 60.7 Å². The second-order valence-corrected chi connectivity index (χ2v) is 12.6. The molecule has 2 aromatic rings. The minimum absolute atomic E-state index is 0.447. The normalized spacial score (nSPS) is 14.1. The van der Waals surface area contributed by atoms with Gasteiger partial charge in [-0.25, -0.2) is 0 Å². The molecule has 0 radical (unpaired) electrons. The third-order valence-corrected chi connectivity index (χ3v) is 11.5. The van der Waals surface area contributed by atoms with Crippen molar-refractivity contribution in [2.24, 2.45) is 0 Å². The zero-order valence-corrected chi connectivity index (χ0v) is 17.5. The van der Waals surface area contributed by atoms with E-state index in [1.54, 1.807) is 10.6 Å². The van der Waals surface area contributed by atoms with Crippen LogP contribution in [0, 0.1) is 0 Å². The quantitative estimate of drug-likeness (QED) is 0.358. The zero-order chi connectivity index (χ0) is 17.1. The Hall–Kier alpha value is -0.700. The van der Waals surface area contributed by atoms with Crippen molar-refractivity contribution in [1.82, 2.24) is 0 Å². The van der Waals surface area contributed by atoms with Crippen LogP contribution in [0.2, 0.25) is 0 Å². The van der Waals surface area contributed by atoms with Gasteiger partial charge in [-0.1, -0.05) is 56.7 Å². The molecular formula is C22H34P2+2. The molecule has 0 fully saturated rings. The van der Waals surface area contributed by atoms with Gasteiger partial charge >= 0.3 is 0 Å². The van der Waals surface area contributed by atoms with Gasteiger partial charge in [-0.05, 0) is 37.1 Å². The molecule has 2 rings (SSSR count). The molecule has 0 aliphatic heterocycles. The van der Waals surface area contributed by atoms with Crippen molar-refractivity contribution in [3.8, 4) is 0 Å². The van der Waals surface area contributed by atoms with Gasteiger partial charge < -0.3 is 0 Å². The molecule has 0 nitrogen and oxygen atoms in total.